The van der Waals surface area contributed by atoms with Crippen molar-refractivity contribution in [1.29, 1.82) is 0 Å². The highest BCUT2D eigenvalue weighted by molar-refractivity contribution is 5.33. The first kappa shape index (κ1) is 12.6. The lowest BCUT2D eigenvalue weighted by Crippen LogP contribution is -2.12. The van der Waals surface area contributed by atoms with Gasteiger partial charge in [0.2, 0.25) is 0 Å². The van der Waals surface area contributed by atoms with Crippen molar-refractivity contribution in [2.24, 2.45) is 0 Å². The number of ether oxygens (including phenoxy) is 1. The van der Waals surface area contributed by atoms with Crippen LogP contribution in [0.15, 0.2) is 48.8 Å². The molecule has 0 bridgehead atoms. The van der Waals surface area contributed by atoms with Crippen molar-refractivity contribution in [1.82, 2.24) is 10.3 Å². The molecule has 0 aliphatic carbocycles. The van der Waals surface area contributed by atoms with E-state index in [4.69, 9.17) is 4.74 Å². The van der Waals surface area contributed by atoms with E-state index in [2.05, 4.69) is 23.3 Å². The monoisotopic (exact) mass is 242 g/mol. The van der Waals surface area contributed by atoms with Gasteiger partial charge in [0.15, 0.2) is 0 Å². The highest BCUT2D eigenvalue weighted by atomic mass is 16.5. The minimum absolute atomic E-state index is 0.553. The molecular weight excluding hydrogens is 224 g/mol. The first-order chi connectivity index (χ1) is 8.90. The largest absolute Gasteiger partial charge is 0.489 e. The van der Waals surface area contributed by atoms with Gasteiger partial charge in [0.05, 0.1) is 0 Å². The summed E-state index contributed by atoms with van der Waals surface area (Å²) in [4.78, 5) is 4.08. The van der Waals surface area contributed by atoms with Gasteiger partial charge in [0.25, 0.3) is 0 Å². The Labute approximate surface area is 108 Å². The summed E-state index contributed by atoms with van der Waals surface area (Å²) in [5.74, 6) is 0.933. The molecule has 1 heterocycles. The van der Waals surface area contributed by atoms with Crippen LogP contribution < -0.4 is 10.1 Å². The molecule has 0 atom stereocenters. The summed E-state index contributed by atoms with van der Waals surface area (Å²) in [7, 11) is 0. The van der Waals surface area contributed by atoms with E-state index in [1.807, 2.05) is 36.5 Å². The van der Waals surface area contributed by atoms with Crippen LogP contribution in [0, 0.1) is 0 Å². The van der Waals surface area contributed by atoms with Crippen molar-refractivity contribution in [3.05, 3.63) is 59.9 Å². The topological polar surface area (TPSA) is 34.1 Å². The second kappa shape index (κ2) is 6.77. The van der Waals surface area contributed by atoms with Crippen LogP contribution in [-0.4, -0.2) is 11.5 Å². The molecule has 1 aromatic carbocycles. The minimum atomic E-state index is 0.553. The Hall–Kier alpha value is -1.87. The molecule has 1 N–H and O–H groups in total. The Morgan fingerprint density at radius 1 is 1.17 bits per heavy atom. The van der Waals surface area contributed by atoms with E-state index in [1.54, 1.807) is 6.20 Å². The van der Waals surface area contributed by atoms with Crippen LogP contribution in [0.2, 0.25) is 0 Å². The molecule has 0 saturated heterocycles. The molecule has 2 rings (SSSR count). The number of pyridine rings is 1. The van der Waals surface area contributed by atoms with Gasteiger partial charge in [-0.3, -0.25) is 4.98 Å². The summed E-state index contributed by atoms with van der Waals surface area (Å²) in [6, 6.07) is 12.0. The van der Waals surface area contributed by atoms with Crippen LogP contribution in [0.4, 0.5) is 0 Å². The number of nitrogens with one attached hydrogen (secondary N) is 1. The molecule has 0 unspecified atom stereocenters. The Morgan fingerprint density at radius 2 is 2.06 bits per heavy atom. The highest BCUT2D eigenvalue weighted by Gasteiger charge is 2.02. The number of para-hydroxylation sites is 1. The smallest absolute Gasteiger partial charge is 0.124 e. The van der Waals surface area contributed by atoms with E-state index < -0.39 is 0 Å². The molecule has 1 aromatic heterocycles. The first-order valence-corrected chi connectivity index (χ1v) is 6.20. The normalized spacial score (nSPS) is 10.3. The lowest BCUT2D eigenvalue weighted by molar-refractivity contribution is 0.302. The third-order valence-corrected chi connectivity index (χ3v) is 2.66. The van der Waals surface area contributed by atoms with Crippen molar-refractivity contribution in [3.8, 4) is 5.75 Å². The van der Waals surface area contributed by atoms with E-state index in [1.165, 1.54) is 5.56 Å². The summed E-state index contributed by atoms with van der Waals surface area (Å²) in [5, 5.41) is 3.31. The standard InChI is InChI=1S/C15H18N2O/c1-2-16-11-14-7-3-4-8-15(14)18-12-13-6-5-9-17-10-13/h3-10,16H,2,11-12H2,1H3. The zero-order valence-electron chi connectivity index (χ0n) is 10.6. The zero-order valence-corrected chi connectivity index (χ0v) is 10.6. The van der Waals surface area contributed by atoms with Crippen molar-refractivity contribution < 1.29 is 4.74 Å². The summed E-state index contributed by atoms with van der Waals surface area (Å²) in [5.41, 5.74) is 2.26. The van der Waals surface area contributed by atoms with Crippen molar-refractivity contribution in [2.45, 2.75) is 20.1 Å². The summed E-state index contributed by atoms with van der Waals surface area (Å²) >= 11 is 0. The first-order valence-electron chi connectivity index (χ1n) is 6.20. The molecule has 0 fully saturated rings. The van der Waals surface area contributed by atoms with Crippen LogP contribution in [0.3, 0.4) is 0 Å². The maximum atomic E-state index is 5.84. The molecule has 0 spiro atoms. The van der Waals surface area contributed by atoms with Crippen molar-refractivity contribution >= 4 is 0 Å². The molecule has 3 heteroatoms. The van der Waals surface area contributed by atoms with Gasteiger partial charge in [0.1, 0.15) is 12.4 Å². The number of rotatable bonds is 6. The predicted molar refractivity (Wildman–Crippen MR) is 72.4 cm³/mol. The number of hydrogen-bond acceptors (Lipinski definition) is 3. The fourth-order valence-corrected chi connectivity index (χ4v) is 1.69. The molecule has 3 nitrogen and oxygen atoms in total. The number of aromatic nitrogens is 1. The fourth-order valence-electron chi connectivity index (χ4n) is 1.69. The molecule has 18 heavy (non-hydrogen) atoms. The maximum Gasteiger partial charge on any atom is 0.124 e. The SMILES string of the molecule is CCNCc1ccccc1OCc1cccnc1. The molecular formula is C15H18N2O. The van der Waals surface area contributed by atoms with Crippen LogP contribution in [-0.2, 0) is 13.2 Å². The van der Waals surface area contributed by atoms with Crippen LogP contribution >= 0.6 is 0 Å². The van der Waals surface area contributed by atoms with Gasteiger partial charge in [0, 0.05) is 30.1 Å². The van der Waals surface area contributed by atoms with Crippen LogP contribution in [0.25, 0.3) is 0 Å². The Balaban J connectivity index is 2.00. The minimum Gasteiger partial charge on any atom is -0.489 e. The number of hydrogen-bond donors (Lipinski definition) is 1. The zero-order chi connectivity index (χ0) is 12.6. The van der Waals surface area contributed by atoms with Crippen molar-refractivity contribution in [2.75, 3.05) is 6.54 Å². The number of nitrogens with zero attached hydrogens (tertiary/aromatic N) is 1. The van der Waals surface area contributed by atoms with Crippen LogP contribution in [0.1, 0.15) is 18.1 Å². The van der Waals surface area contributed by atoms with Gasteiger partial charge < -0.3 is 10.1 Å². The van der Waals surface area contributed by atoms with E-state index in [0.29, 0.717) is 6.61 Å². The lowest BCUT2D eigenvalue weighted by Gasteiger charge is -2.11. The molecule has 0 radical (unpaired) electrons. The highest BCUT2D eigenvalue weighted by Crippen LogP contribution is 2.18. The summed E-state index contributed by atoms with van der Waals surface area (Å²) < 4.78 is 5.84. The second-order valence-electron chi connectivity index (χ2n) is 4.04. The third kappa shape index (κ3) is 3.57. The molecule has 0 amide bonds. The average Bonchev–Trinajstić information content (AvgIpc) is 2.45. The van der Waals surface area contributed by atoms with Crippen molar-refractivity contribution in [3.63, 3.8) is 0 Å². The van der Waals surface area contributed by atoms with Gasteiger partial charge in [-0.1, -0.05) is 31.2 Å². The Morgan fingerprint density at radius 3 is 2.83 bits per heavy atom. The Bertz CT molecular complexity index is 471. The molecule has 0 aliphatic rings. The lowest BCUT2D eigenvalue weighted by atomic mass is 10.2. The van der Waals surface area contributed by atoms with Crippen LogP contribution in [0.5, 0.6) is 5.75 Å². The van der Waals surface area contributed by atoms with Gasteiger partial charge in [-0.2, -0.15) is 0 Å². The van der Waals surface area contributed by atoms with Gasteiger partial charge >= 0.3 is 0 Å². The van der Waals surface area contributed by atoms with E-state index >= 15 is 0 Å². The quantitative estimate of drug-likeness (QED) is 0.845. The van der Waals surface area contributed by atoms with Gasteiger partial charge in [-0.25, -0.2) is 0 Å². The fraction of sp³-hybridized carbons (Fsp3) is 0.267. The summed E-state index contributed by atoms with van der Waals surface area (Å²) in [6.07, 6.45) is 3.59. The van der Waals surface area contributed by atoms with E-state index in [-0.39, 0.29) is 0 Å². The van der Waals surface area contributed by atoms with Gasteiger partial charge in [-0.15, -0.1) is 0 Å². The third-order valence-electron chi connectivity index (χ3n) is 2.66. The number of benzene rings is 1. The van der Waals surface area contributed by atoms with E-state index in [0.717, 1.165) is 24.4 Å². The summed E-state index contributed by atoms with van der Waals surface area (Å²) in [6.45, 7) is 4.44. The second-order valence-corrected chi connectivity index (χ2v) is 4.04. The van der Waals surface area contributed by atoms with Gasteiger partial charge in [-0.05, 0) is 18.7 Å². The van der Waals surface area contributed by atoms with E-state index in [9.17, 15) is 0 Å². The molecule has 2 aromatic rings. The predicted octanol–water partition coefficient (Wildman–Crippen LogP) is 2.77. The molecule has 0 saturated carbocycles. The maximum absolute atomic E-state index is 5.84. The Kier molecular flexibility index (Phi) is 4.73. The molecule has 0 aliphatic heterocycles. The average molecular weight is 242 g/mol. The molecule has 94 valence electrons.